The number of aryl methyl sites for hydroxylation is 1. The highest BCUT2D eigenvalue weighted by Gasteiger charge is 2.16. The van der Waals surface area contributed by atoms with E-state index in [1.54, 1.807) is 0 Å². The number of rotatable bonds is 3. The van der Waals surface area contributed by atoms with Gasteiger partial charge in [0, 0.05) is 12.5 Å². The van der Waals surface area contributed by atoms with Crippen molar-refractivity contribution in [2.24, 2.45) is 0 Å². The van der Waals surface area contributed by atoms with Crippen LogP contribution in [0.5, 0.6) is 0 Å². The van der Waals surface area contributed by atoms with Crippen molar-refractivity contribution in [3.05, 3.63) is 70.0 Å². The van der Waals surface area contributed by atoms with Crippen LogP contribution in [0.2, 0.25) is 0 Å². The molecule has 0 radical (unpaired) electrons. The van der Waals surface area contributed by atoms with E-state index >= 15 is 0 Å². The highest BCUT2D eigenvalue weighted by molar-refractivity contribution is 5.78. The van der Waals surface area contributed by atoms with E-state index in [1.165, 1.54) is 12.1 Å². The average Bonchev–Trinajstić information content (AvgIpc) is 2.46. The Morgan fingerprint density at radius 2 is 1.78 bits per heavy atom. The van der Waals surface area contributed by atoms with Crippen LogP contribution < -0.4 is 5.56 Å². The number of aromatic nitrogens is 2. The second-order valence-electron chi connectivity index (χ2n) is 5.18. The molecule has 6 heteroatoms. The summed E-state index contributed by atoms with van der Waals surface area (Å²) in [5, 5.41) is -0.197. The Balaban J connectivity index is 2.42. The van der Waals surface area contributed by atoms with Gasteiger partial charge in [0.05, 0.1) is 11.2 Å². The van der Waals surface area contributed by atoms with Crippen molar-refractivity contribution >= 4 is 10.9 Å². The molecule has 0 spiro atoms. The van der Waals surface area contributed by atoms with Gasteiger partial charge in [-0.3, -0.25) is 9.36 Å². The largest absolute Gasteiger partial charge is 0.268 e. The first-order chi connectivity index (χ1) is 11.0. The predicted molar refractivity (Wildman–Crippen MR) is 81.2 cm³/mol. The summed E-state index contributed by atoms with van der Waals surface area (Å²) in [7, 11) is 0. The van der Waals surface area contributed by atoms with Crippen LogP contribution in [-0.4, -0.2) is 9.55 Å². The quantitative estimate of drug-likeness (QED) is 0.737. The number of halogens is 3. The number of hydrogen-bond donors (Lipinski definition) is 0. The fourth-order valence-corrected chi connectivity index (χ4v) is 2.56. The van der Waals surface area contributed by atoms with Crippen LogP contribution in [-0.2, 0) is 6.42 Å². The first-order valence-electron chi connectivity index (χ1n) is 7.18. The summed E-state index contributed by atoms with van der Waals surface area (Å²) in [5.41, 5.74) is -0.457. The van der Waals surface area contributed by atoms with Crippen molar-refractivity contribution in [2.45, 2.75) is 19.8 Å². The van der Waals surface area contributed by atoms with E-state index < -0.39 is 23.0 Å². The molecule has 23 heavy (non-hydrogen) atoms. The summed E-state index contributed by atoms with van der Waals surface area (Å²) < 4.78 is 42.1. The molecule has 118 valence electrons. The Hall–Kier alpha value is -2.63. The molecule has 0 amide bonds. The van der Waals surface area contributed by atoms with Gasteiger partial charge in [0.25, 0.3) is 5.56 Å². The predicted octanol–water partition coefficient (Wildman–Crippen LogP) is 3.76. The Kier molecular flexibility index (Phi) is 3.90. The van der Waals surface area contributed by atoms with E-state index in [4.69, 9.17) is 0 Å². The van der Waals surface area contributed by atoms with Crippen LogP contribution in [0.15, 0.2) is 41.2 Å². The van der Waals surface area contributed by atoms with Crippen molar-refractivity contribution in [2.75, 3.05) is 0 Å². The third-order valence-electron chi connectivity index (χ3n) is 3.50. The van der Waals surface area contributed by atoms with Gasteiger partial charge in [-0.25, -0.2) is 18.2 Å². The minimum absolute atomic E-state index is 0.00592. The molecule has 0 fully saturated rings. The molecule has 2 aromatic carbocycles. The van der Waals surface area contributed by atoms with E-state index in [9.17, 15) is 18.0 Å². The lowest BCUT2D eigenvalue weighted by molar-refractivity contribution is 0.580. The summed E-state index contributed by atoms with van der Waals surface area (Å²) in [6.45, 7) is 1.89. The molecule has 0 N–H and O–H groups in total. The van der Waals surface area contributed by atoms with Crippen LogP contribution in [0, 0.1) is 17.5 Å². The van der Waals surface area contributed by atoms with Gasteiger partial charge in [0.1, 0.15) is 28.7 Å². The second kappa shape index (κ2) is 5.87. The van der Waals surface area contributed by atoms with Gasteiger partial charge >= 0.3 is 0 Å². The van der Waals surface area contributed by atoms with Crippen LogP contribution >= 0.6 is 0 Å². The maximum absolute atomic E-state index is 14.0. The molecule has 0 aliphatic rings. The Bertz CT molecular complexity index is 930. The third-order valence-corrected chi connectivity index (χ3v) is 3.50. The normalized spacial score (nSPS) is 11.1. The molecule has 3 nitrogen and oxygen atoms in total. The maximum Gasteiger partial charge on any atom is 0.268 e. The molecular formula is C17H13F3N2O. The van der Waals surface area contributed by atoms with Gasteiger partial charge in [-0.2, -0.15) is 0 Å². The van der Waals surface area contributed by atoms with Gasteiger partial charge in [-0.05, 0) is 30.7 Å². The lowest BCUT2D eigenvalue weighted by atomic mass is 10.2. The van der Waals surface area contributed by atoms with Crippen LogP contribution in [0.3, 0.4) is 0 Å². The van der Waals surface area contributed by atoms with Crippen molar-refractivity contribution in [3.8, 4) is 5.69 Å². The fourth-order valence-electron chi connectivity index (χ4n) is 2.56. The Labute approximate surface area is 130 Å². The summed E-state index contributed by atoms with van der Waals surface area (Å²) in [6, 6.07) is 6.92. The van der Waals surface area contributed by atoms with E-state index in [0.29, 0.717) is 24.7 Å². The van der Waals surface area contributed by atoms with E-state index in [1.807, 2.05) is 6.92 Å². The SMILES string of the molecule is CCCc1nc2cccc(F)c2c(=O)n1-c1cc(F)cc(F)c1. The molecule has 1 heterocycles. The number of nitrogens with zero attached hydrogens (tertiary/aromatic N) is 2. The maximum atomic E-state index is 14.0. The van der Waals surface area contributed by atoms with Crippen molar-refractivity contribution < 1.29 is 13.2 Å². The van der Waals surface area contributed by atoms with Gasteiger partial charge in [-0.1, -0.05) is 13.0 Å². The zero-order chi connectivity index (χ0) is 16.6. The smallest absolute Gasteiger partial charge is 0.268 e. The van der Waals surface area contributed by atoms with E-state index in [2.05, 4.69) is 4.98 Å². The van der Waals surface area contributed by atoms with Gasteiger partial charge in [-0.15, -0.1) is 0 Å². The molecule has 0 aliphatic heterocycles. The molecule has 0 saturated carbocycles. The fraction of sp³-hybridized carbons (Fsp3) is 0.176. The number of benzene rings is 2. The zero-order valence-corrected chi connectivity index (χ0v) is 12.3. The van der Waals surface area contributed by atoms with Crippen LogP contribution in [0.25, 0.3) is 16.6 Å². The lowest BCUT2D eigenvalue weighted by Gasteiger charge is -2.13. The molecular weight excluding hydrogens is 305 g/mol. The Morgan fingerprint density at radius 3 is 2.43 bits per heavy atom. The summed E-state index contributed by atoms with van der Waals surface area (Å²) >= 11 is 0. The Morgan fingerprint density at radius 1 is 1.09 bits per heavy atom. The molecule has 0 bridgehead atoms. The molecule has 3 aromatic rings. The molecule has 0 atom stereocenters. The molecule has 3 rings (SSSR count). The minimum Gasteiger partial charge on any atom is -0.268 e. The molecule has 0 saturated heterocycles. The zero-order valence-electron chi connectivity index (χ0n) is 12.3. The molecule has 0 unspecified atom stereocenters. The van der Waals surface area contributed by atoms with Crippen LogP contribution in [0.1, 0.15) is 19.2 Å². The second-order valence-corrected chi connectivity index (χ2v) is 5.18. The van der Waals surface area contributed by atoms with E-state index in [-0.39, 0.29) is 16.6 Å². The number of fused-ring (bicyclic) bond motifs is 1. The summed E-state index contributed by atoms with van der Waals surface area (Å²) in [6.07, 6.45) is 1.09. The molecule has 1 aromatic heterocycles. The lowest BCUT2D eigenvalue weighted by Crippen LogP contribution is -2.25. The average molecular weight is 318 g/mol. The van der Waals surface area contributed by atoms with Crippen LogP contribution in [0.4, 0.5) is 13.2 Å². The standard InChI is InChI=1S/C17H13F3N2O/c1-2-4-15-21-14-6-3-5-13(20)16(14)17(23)22(15)12-8-10(18)7-11(19)9-12/h3,5-9H,2,4H2,1H3. The third kappa shape index (κ3) is 2.72. The first kappa shape index (κ1) is 15.3. The van der Waals surface area contributed by atoms with Crippen molar-refractivity contribution in [3.63, 3.8) is 0 Å². The van der Waals surface area contributed by atoms with Gasteiger partial charge in [0.15, 0.2) is 0 Å². The van der Waals surface area contributed by atoms with Crippen molar-refractivity contribution in [1.29, 1.82) is 0 Å². The first-order valence-corrected chi connectivity index (χ1v) is 7.18. The summed E-state index contributed by atoms with van der Waals surface area (Å²) in [4.78, 5) is 17.0. The highest BCUT2D eigenvalue weighted by atomic mass is 19.1. The monoisotopic (exact) mass is 318 g/mol. The van der Waals surface area contributed by atoms with Gasteiger partial charge in [0.2, 0.25) is 0 Å². The topological polar surface area (TPSA) is 34.9 Å². The summed E-state index contributed by atoms with van der Waals surface area (Å²) in [5.74, 6) is -2.01. The number of hydrogen-bond acceptors (Lipinski definition) is 2. The van der Waals surface area contributed by atoms with Crippen molar-refractivity contribution in [1.82, 2.24) is 9.55 Å². The molecule has 0 aliphatic carbocycles. The van der Waals surface area contributed by atoms with E-state index in [0.717, 1.165) is 22.8 Å². The highest BCUT2D eigenvalue weighted by Crippen LogP contribution is 2.18. The minimum atomic E-state index is -0.817. The van der Waals surface area contributed by atoms with Gasteiger partial charge < -0.3 is 0 Å².